The maximum Gasteiger partial charge on any atom is 0.122 e. The molecule has 0 fully saturated rings. The van der Waals surface area contributed by atoms with E-state index in [2.05, 4.69) is 25.1 Å². The number of nitrogens with zero attached hydrogens (tertiary/aromatic N) is 2. The number of benzene rings is 1. The van der Waals surface area contributed by atoms with Gasteiger partial charge in [0.2, 0.25) is 0 Å². The highest BCUT2D eigenvalue weighted by Gasteiger charge is 2.19. The second-order valence-electron chi connectivity index (χ2n) is 4.54. The second kappa shape index (κ2) is 4.58. The van der Waals surface area contributed by atoms with Gasteiger partial charge in [-0.05, 0) is 31.9 Å². The van der Waals surface area contributed by atoms with Crippen LogP contribution in [0.5, 0.6) is 0 Å². The van der Waals surface area contributed by atoms with Crippen LogP contribution in [0.4, 0.5) is 5.82 Å². The first-order valence-electron chi connectivity index (χ1n) is 5.99. The van der Waals surface area contributed by atoms with Gasteiger partial charge in [0.25, 0.3) is 0 Å². The number of nitrogens with two attached hydrogens (primary N) is 1. The van der Waals surface area contributed by atoms with Crippen LogP contribution in [0.3, 0.4) is 0 Å². The van der Waals surface area contributed by atoms with Gasteiger partial charge < -0.3 is 10.3 Å². The Balaban J connectivity index is 2.57. The molecule has 18 heavy (non-hydrogen) atoms. The zero-order valence-electron chi connectivity index (χ0n) is 10.9. The molecule has 1 heterocycles. The molecular weight excluding hydrogens is 222 g/mol. The Morgan fingerprint density at radius 2 is 1.83 bits per heavy atom. The van der Waals surface area contributed by atoms with Gasteiger partial charge in [-0.2, -0.15) is 5.26 Å². The SMILES string of the molecule is Cc1c(C#N)c(N)n(C(C)c2ccccc2)c1C. The summed E-state index contributed by atoms with van der Waals surface area (Å²) in [6.45, 7) is 6.05. The minimum absolute atomic E-state index is 0.131. The van der Waals surface area contributed by atoms with Crippen molar-refractivity contribution in [2.45, 2.75) is 26.8 Å². The number of hydrogen-bond acceptors (Lipinski definition) is 2. The van der Waals surface area contributed by atoms with E-state index < -0.39 is 0 Å². The van der Waals surface area contributed by atoms with Gasteiger partial charge in [-0.3, -0.25) is 0 Å². The molecule has 2 aromatic rings. The quantitative estimate of drug-likeness (QED) is 0.875. The second-order valence-corrected chi connectivity index (χ2v) is 4.54. The highest BCUT2D eigenvalue weighted by Crippen LogP contribution is 2.30. The van der Waals surface area contributed by atoms with E-state index in [9.17, 15) is 0 Å². The average molecular weight is 239 g/mol. The van der Waals surface area contributed by atoms with Crippen molar-refractivity contribution < 1.29 is 0 Å². The number of nitriles is 1. The zero-order valence-corrected chi connectivity index (χ0v) is 10.9. The van der Waals surface area contributed by atoms with E-state index >= 15 is 0 Å². The lowest BCUT2D eigenvalue weighted by molar-refractivity contribution is 0.633. The fraction of sp³-hybridized carbons (Fsp3) is 0.267. The van der Waals surface area contributed by atoms with Crippen molar-refractivity contribution >= 4 is 5.82 Å². The summed E-state index contributed by atoms with van der Waals surface area (Å²) in [4.78, 5) is 0. The van der Waals surface area contributed by atoms with Crippen molar-refractivity contribution in [3.8, 4) is 6.07 Å². The Labute approximate surface area is 107 Å². The minimum atomic E-state index is 0.131. The minimum Gasteiger partial charge on any atom is -0.384 e. The van der Waals surface area contributed by atoms with Crippen LogP contribution in [0.2, 0.25) is 0 Å². The van der Waals surface area contributed by atoms with Crippen LogP contribution < -0.4 is 5.73 Å². The molecule has 1 atom stereocenters. The standard InChI is InChI=1S/C15H17N3/c1-10-11(2)18(15(17)14(10)9-16)12(3)13-7-5-4-6-8-13/h4-8,12H,17H2,1-3H3. The van der Waals surface area contributed by atoms with Crippen LogP contribution >= 0.6 is 0 Å². The van der Waals surface area contributed by atoms with Gasteiger partial charge in [0.05, 0.1) is 11.6 Å². The van der Waals surface area contributed by atoms with Gasteiger partial charge >= 0.3 is 0 Å². The fourth-order valence-corrected chi connectivity index (χ4v) is 2.38. The van der Waals surface area contributed by atoms with Crippen LogP contribution in [-0.4, -0.2) is 4.57 Å². The summed E-state index contributed by atoms with van der Waals surface area (Å²) < 4.78 is 2.03. The van der Waals surface area contributed by atoms with Crippen LogP contribution in [0.15, 0.2) is 30.3 Å². The zero-order chi connectivity index (χ0) is 13.3. The van der Waals surface area contributed by atoms with E-state index in [1.807, 2.05) is 36.6 Å². The molecule has 3 heteroatoms. The van der Waals surface area contributed by atoms with Gasteiger partial charge in [-0.15, -0.1) is 0 Å². The normalized spacial score (nSPS) is 12.1. The smallest absolute Gasteiger partial charge is 0.122 e. The van der Waals surface area contributed by atoms with Gasteiger partial charge in [0, 0.05) is 5.69 Å². The molecule has 1 unspecified atom stereocenters. The van der Waals surface area contributed by atoms with Crippen molar-refractivity contribution in [3.63, 3.8) is 0 Å². The summed E-state index contributed by atoms with van der Waals surface area (Å²) in [5.74, 6) is 0.559. The Morgan fingerprint density at radius 3 is 2.33 bits per heavy atom. The molecule has 0 saturated heterocycles. The van der Waals surface area contributed by atoms with Gasteiger partial charge in [0.15, 0.2) is 0 Å². The first-order chi connectivity index (χ1) is 8.57. The molecule has 3 nitrogen and oxygen atoms in total. The molecule has 0 saturated carbocycles. The number of rotatable bonds is 2. The maximum absolute atomic E-state index is 9.15. The molecule has 1 aromatic heterocycles. The summed E-state index contributed by atoms with van der Waals surface area (Å²) >= 11 is 0. The van der Waals surface area contributed by atoms with Crippen LogP contribution in [0.1, 0.15) is 35.3 Å². The van der Waals surface area contributed by atoms with Gasteiger partial charge in [-0.1, -0.05) is 30.3 Å². The molecule has 0 radical (unpaired) electrons. The lowest BCUT2D eigenvalue weighted by atomic mass is 10.1. The van der Waals surface area contributed by atoms with Gasteiger partial charge in [0.1, 0.15) is 11.9 Å². The number of aromatic nitrogens is 1. The molecule has 0 amide bonds. The summed E-state index contributed by atoms with van der Waals surface area (Å²) in [5.41, 5.74) is 9.90. The van der Waals surface area contributed by atoms with Crippen molar-refractivity contribution in [1.82, 2.24) is 4.57 Å². The van der Waals surface area contributed by atoms with Crippen molar-refractivity contribution in [3.05, 3.63) is 52.7 Å². The lowest BCUT2D eigenvalue weighted by Gasteiger charge is -2.18. The molecule has 1 aromatic carbocycles. The first kappa shape index (κ1) is 12.3. The molecule has 0 aliphatic carbocycles. The third kappa shape index (κ3) is 1.76. The molecule has 0 aliphatic rings. The highest BCUT2D eigenvalue weighted by molar-refractivity contribution is 5.58. The monoisotopic (exact) mass is 239 g/mol. The van der Waals surface area contributed by atoms with E-state index in [-0.39, 0.29) is 6.04 Å². The van der Waals surface area contributed by atoms with E-state index in [0.29, 0.717) is 11.4 Å². The van der Waals surface area contributed by atoms with Crippen LogP contribution in [-0.2, 0) is 0 Å². The largest absolute Gasteiger partial charge is 0.384 e. The molecule has 2 N–H and O–H groups in total. The Hall–Kier alpha value is -2.21. The number of nitrogen functional groups attached to an aromatic ring is 1. The Morgan fingerprint density at radius 1 is 1.22 bits per heavy atom. The van der Waals surface area contributed by atoms with Crippen molar-refractivity contribution in [1.29, 1.82) is 5.26 Å². The Bertz CT molecular complexity index is 603. The van der Waals surface area contributed by atoms with Crippen molar-refractivity contribution in [2.24, 2.45) is 0 Å². The predicted molar refractivity (Wildman–Crippen MR) is 73.3 cm³/mol. The van der Waals surface area contributed by atoms with E-state index in [4.69, 9.17) is 11.0 Å². The topological polar surface area (TPSA) is 54.7 Å². The molecule has 92 valence electrons. The highest BCUT2D eigenvalue weighted by atomic mass is 15.1. The predicted octanol–water partition coefficient (Wildman–Crippen LogP) is 3.17. The summed E-state index contributed by atoms with van der Waals surface area (Å²) in [6.07, 6.45) is 0. The average Bonchev–Trinajstić information content (AvgIpc) is 2.60. The molecule has 0 bridgehead atoms. The van der Waals surface area contributed by atoms with Gasteiger partial charge in [-0.25, -0.2) is 0 Å². The van der Waals surface area contributed by atoms with E-state index in [1.54, 1.807) is 0 Å². The third-order valence-electron chi connectivity index (χ3n) is 3.58. The van der Waals surface area contributed by atoms with Crippen LogP contribution in [0, 0.1) is 25.2 Å². The fourth-order valence-electron chi connectivity index (χ4n) is 2.38. The molecular formula is C15H17N3. The van der Waals surface area contributed by atoms with Crippen molar-refractivity contribution in [2.75, 3.05) is 5.73 Å². The summed E-state index contributed by atoms with van der Waals surface area (Å²) in [5, 5.41) is 9.15. The lowest BCUT2D eigenvalue weighted by Crippen LogP contribution is -2.11. The first-order valence-corrected chi connectivity index (χ1v) is 5.99. The summed E-state index contributed by atoms with van der Waals surface area (Å²) in [6, 6.07) is 12.5. The van der Waals surface area contributed by atoms with E-state index in [0.717, 1.165) is 11.3 Å². The maximum atomic E-state index is 9.15. The third-order valence-corrected chi connectivity index (χ3v) is 3.58. The molecule has 2 rings (SSSR count). The number of hydrogen-bond donors (Lipinski definition) is 1. The molecule has 0 aliphatic heterocycles. The van der Waals surface area contributed by atoms with E-state index in [1.165, 1.54) is 5.56 Å². The molecule has 0 spiro atoms. The number of anilines is 1. The Kier molecular flexibility index (Phi) is 3.12. The summed E-state index contributed by atoms with van der Waals surface area (Å²) in [7, 11) is 0. The van der Waals surface area contributed by atoms with Crippen LogP contribution in [0.25, 0.3) is 0 Å².